The molecule has 0 saturated carbocycles. The molecule has 0 aromatic carbocycles. The molecule has 185 valence electrons. The molecular formula is C28H61BrP. The van der Waals surface area contributed by atoms with Crippen molar-refractivity contribution in [1.82, 2.24) is 0 Å². The molecule has 0 aromatic rings. The van der Waals surface area contributed by atoms with Crippen LogP contribution in [0.15, 0.2) is 0 Å². The van der Waals surface area contributed by atoms with Crippen LogP contribution in [0.3, 0.4) is 0 Å². The Balaban J connectivity index is 0. The van der Waals surface area contributed by atoms with Crippen molar-refractivity contribution in [3.8, 4) is 0 Å². The maximum atomic E-state index is 2.39. The molecule has 0 aliphatic carbocycles. The molecule has 0 aromatic heterocycles. The lowest BCUT2D eigenvalue weighted by Crippen LogP contribution is -2.13. The fourth-order valence-corrected chi connectivity index (χ4v) is 9.99. The summed E-state index contributed by atoms with van der Waals surface area (Å²) in [4.78, 5) is 0. The summed E-state index contributed by atoms with van der Waals surface area (Å²) in [6, 6.07) is 0. The van der Waals surface area contributed by atoms with Gasteiger partial charge in [0, 0.05) is 0 Å². The minimum atomic E-state index is -0.630. The normalized spacial score (nSPS) is 11.6. The lowest BCUT2D eigenvalue weighted by Gasteiger charge is -2.37. The first-order valence-electron chi connectivity index (χ1n) is 14.1. The highest BCUT2D eigenvalue weighted by molar-refractivity contribution is 8.93. The van der Waals surface area contributed by atoms with Gasteiger partial charge in [0.05, 0.1) is 0 Å². The van der Waals surface area contributed by atoms with Gasteiger partial charge >= 0.3 is 0 Å². The van der Waals surface area contributed by atoms with Crippen LogP contribution in [0.25, 0.3) is 0 Å². The molecule has 0 nitrogen and oxygen atoms in total. The van der Waals surface area contributed by atoms with E-state index in [-0.39, 0.29) is 17.0 Å². The molecule has 0 saturated heterocycles. The summed E-state index contributed by atoms with van der Waals surface area (Å²) in [5, 5.41) is 0. The third kappa shape index (κ3) is 20.8. The molecule has 1 radical (unpaired) electrons. The van der Waals surface area contributed by atoms with Crippen molar-refractivity contribution in [1.29, 1.82) is 0 Å². The Bertz CT molecular complexity index is 283. The lowest BCUT2D eigenvalue weighted by atomic mass is 10.0. The molecule has 0 fully saturated rings. The number of halogens is 1. The lowest BCUT2D eigenvalue weighted by molar-refractivity contribution is 0.538. The fraction of sp³-hybridized carbons (Fsp3) is 1.00. The van der Waals surface area contributed by atoms with Gasteiger partial charge in [-0.15, -0.1) is 24.2 Å². The van der Waals surface area contributed by atoms with Crippen LogP contribution in [0.1, 0.15) is 156 Å². The van der Waals surface area contributed by atoms with Gasteiger partial charge in [0.15, 0.2) is 0 Å². The zero-order valence-corrected chi connectivity index (χ0v) is 24.4. The van der Waals surface area contributed by atoms with Crippen molar-refractivity contribution in [3.05, 3.63) is 0 Å². The highest BCUT2D eigenvalue weighted by atomic mass is 79.9. The Hall–Kier alpha value is 0.910. The second-order valence-electron chi connectivity index (χ2n) is 9.89. The monoisotopic (exact) mass is 507 g/mol. The summed E-state index contributed by atoms with van der Waals surface area (Å²) < 4.78 is 0. The molecule has 0 unspecified atom stereocenters. The molecule has 0 aliphatic rings. The predicted molar refractivity (Wildman–Crippen MR) is 152 cm³/mol. The Kier molecular flexibility index (Phi) is 28.9. The molecule has 0 N–H and O–H groups in total. The highest BCUT2D eigenvalue weighted by Gasteiger charge is 2.24. The zero-order chi connectivity index (χ0) is 21.5. The van der Waals surface area contributed by atoms with E-state index >= 15 is 0 Å². The van der Waals surface area contributed by atoms with Gasteiger partial charge in [0.25, 0.3) is 0 Å². The zero-order valence-electron chi connectivity index (χ0n) is 21.8. The molecule has 0 atom stereocenters. The second kappa shape index (κ2) is 26.2. The molecular weight excluding hydrogens is 447 g/mol. The molecule has 0 rings (SSSR count). The van der Waals surface area contributed by atoms with E-state index in [1.54, 1.807) is 31.1 Å². The van der Waals surface area contributed by atoms with Crippen molar-refractivity contribution < 1.29 is 0 Å². The van der Waals surface area contributed by atoms with Crippen molar-refractivity contribution in [2.24, 2.45) is 0 Å². The van der Waals surface area contributed by atoms with Gasteiger partial charge in [-0.2, -0.15) is 0 Å². The molecule has 0 spiro atoms. The summed E-state index contributed by atoms with van der Waals surface area (Å²) in [6.07, 6.45) is 36.0. The van der Waals surface area contributed by atoms with Crippen molar-refractivity contribution in [2.75, 3.05) is 24.6 Å². The quantitative estimate of drug-likeness (QED) is 0.0898. The molecule has 0 bridgehead atoms. The van der Waals surface area contributed by atoms with Crippen LogP contribution in [0.4, 0.5) is 0 Å². The minimum absolute atomic E-state index is 0. The van der Waals surface area contributed by atoms with Crippen molar-refractivity contribution in [3.63, 3.8) is 0 Å². The van der Waals surface area contributed by atoms with E-state index in [0.717, 1.165) is 0 Å². The number of rotatable bonds is 24. The summed E-state index contributed by atoms with van der Waals surface area (Å²) in [7, 11) is -0.630. The largest absolute Gasteiger partial charge is 0.125 e. The molecule has 30 heavy (non-hydrogen) atoms. The van der Waals surface area contributed by atoms with Gasteiger partial charge < -0.3 is 0 Å². The third-order valence-corrected chi connectivity index (χ3v) is 12.0. The summed E-state index contributed by atoms with van der Waals surface area (Å²) >= 11 is 0. The number of hydrogen-bond donors (Lipinski definition) is 0. The first-order valence-corrected chi connectivity index (χ1v) is 16.6. The van der Waals surface area contributed by atoms with Crippen LogP contribution in [0, 0.1) is 0 Å². The van der Waals surface area contributed by atoms with Gasteiger partial charge in [0.2, 0.25) is 0 Å². The molecule has 0 heterocycles. The van der Waals surface area contributed by atoms with E-state index in [9.17, 15) is 0 Å². The topological polar surface area (TPSA) is 0 Å². The van der Waals surface area contributed by atoms with E-state index in [1.165, 1.54) is 122 Å². The fourth-order valence-electron chi connectivity index (χ4n) is 4.79. The minimum Gasteiger partial charge on any atom is -0.125 e. The maximum Gasteiger partial charge on any atom is -0.0359 e. The van der Waals surface area contributed by atoms with Crippen LogP contribution >= 0.6 is 24.2 Å². The Labute approximate surface area is 204 Å². The van der Waals surface area contributed by atoms with Crippen molar-refractivity contribution >= 4 is 24.2 Å². The standard InChI is InChI=1S/C28H60P.BrH/c1-5-9-13-14-15-16-17-18-19-20-21-22-23-24-28-29(25-10-6-2,26-11-7-3)27-12-8-4;/h5-28H2,1-4H3;1H. The summed E-state index contributed by atoms with van der Waals surface area (Å²) in [5.41, 5.74) is 0. The summed E-state index contributed by atoms with van der Waals surface area (Å²) in [5.74, 6) is 0. The van der Waals surface area contributed by atoms with Gasteiger partial charge in [-0.25, -0.2) is 0 Å². The SMILES string of the molecule is Br.CCCCCCCCCCCCCCCC[P](CCCC)(CCCC)CCCC. The van der Waals surface area contributed by atoms with E-state index in [2.05, 4.69) is 27.7 Å². The molecule has 2 heteroatoms. The van der Waals surface area contributed by atoms with Gasteiger partial charge in [-0.05, 0) is 50.3 Å². The highest BCUT2D eigenvalue weighted by Crippen LogP contribution is 2.61. The van der Waals surface area contributed by atoms with Crippen LogP contribution in [-0.4, -0.2) is 24.6 Å². The van der Waals surface area contributed by atoms with Gasteiger partial charge in [-0.1, -0.05) is 130 Å². The molecule has 0 amide bonds. The van der Waals surface area contributed by atoms with E-state index in [4.69, 9.17) is 0 Å². The first-order chi connectivity index (χ1) is 14.2. The summed E-state index contributed by atoms with van der Waals surface area (Å²) in [6.45, 7) is 9.48. The van der Waals surface area contributed by atoms with Crippen molar-refractivity contribution in [2.45, 2.75) is 156 Å². The van der Waals surface area contributed by atoms with E-state index in [1.807, 2.05) is 0 Å². The average molecular weight is 509 g/mol. The Morgan fingerprint density at radius 2 is 0.533 bits per heavy atom. The predicted octanol–water partition coefficient (Wildman–Crippen LogP) is 11.5. The van der Waals surface area contributed by atoms with E-state index < -0.39 is 7.26 Å². The third-order valence-electron chi connectivity index (χ3n) is 6.94. The van der Waals surface area contributed by atoms with Crippen LogP contribution in [-0.2, 0) is 0 Å². The van der Waals surface area contributed by atoms with Crippen LogP contribution in [0.2, 0.25) is 0 Å². The average Bonchev–Trinajstić information content (AvgIpc) is 2.74. The maximum absolute atomic E-state index is 2.39. The Morgan fingerprint density at radius 3 is 0.833 bits per heavy atom. The number of unbranched alkanes of at least 4 members (excludes halogenated alkanes) is 16. The van der Waals surface area contributed by atoms with Crippen LogP contribution in [0.5, 0.6) is 0 Å². The smallest absolute Gasteiger partial charge is 0.0359 e. The van der Waals surface area contributed by atoms with Gasteiger partial charge in [-0.3, -0.25) is 0 Å². The Morgan fingerprint density at radius 1 is 0.300 bits per heavy atom. The first kappa shape index (κ1) is 33.1. The number of hydrogen-bond acceptors (Lipinski definition) is 0. The van der Waals surface area contributed by atoms with E-state index in [0.29, 0.717) is 0 Å². The van der Waals surface area contributed by atoms with Crippen LogP contribution < -0.4 is 0 Å². The second-order valence-corrected chi connectivity index (χ2v) is 14.4. The molecule has 0 aliphatic heterocycles. The van der Waals surface area contributed by atoms with Gasteiger partial charge in [0.1, 0.15) is 0 Å².